The fourth-order valence-corrected chi connectivity index (χ4v) is 3.87. The average molecular weight is 415 g/mol. The molecule has 2 aromatic carbocycles. The first-order valence-corrected chi connectivity index (χ1v) is 9.45. The van der Waals surface area contributed by atoms with Gasteiger partial charge in [0, 0.05) is 18.6 Å². The number of nitro groups is 1. The third-order valence-electron chi connectivity index (χ3n) is 4.57. The molecule has 1 aliphatic rings. The molecule has 1 fully saturated rings. The largest absolute Gasteiger partial charge is 0.506 e. The van der Waals surface area contributed by atoms with Crippen molar-refractivity contribution in [3.8, 4) is 5.75 Å². The number of phenolic OH excluding ortho intramolecular Hbond substituents is 1. The maximum absolute atomic E-state index is 12.7. The van der Waals surface area contributed by atoms with Crippen LogP contribution in [0.15, 0.2) is 36.4 Å². The molecule has 9 nitrogen and oxygen atoms in total. The van der Waals surface area contributed by atoms with Crippen molar-refractivity contribution in [2.75, 3.05) is 10.2 Å². The number of phenols is 1. The molecule has 0 spiro atoms. The predicted octanol–water partition coefficient (Wildman–Crippen LogP) is 3.51. The average Bonchev–Trinajstić information content (AvgIpc) is 2.92. The summed E-state index contributed by atoms with van der Waals surface area (Å²) in [5, 5.41) is 21.6. The smallest absolute Gasteiger partial charge is 0.293 e. The maximum atomic E-state index is 12.7. The zero-order valence-corrected chi connectivity index (χ0v) is 16.4. The summed E-state index contributed by atoms with van der Waals surface area (Å²) in [4.78, 5) is 48.7. The number of non-ortho nitro benzene ring substituents is 1. The van der Waals surface area contributed by atoms with Crippen molar-refractivity contribution >= 4 is 45.9 Å². The lowest BCUT2D eigenvalue weighted by Crippen LogP contribution is -2.33. The lowest BCUT2D eigenvalue weighted by atomic mass is 10.1. The number of nitrogens with zero attached hydrogens (tertiary/aromatic N) is 2. The molecule has 1 heterocycles. The van der Waals surface area contributed by atoms with E-state index in [1.165, 1.54) is 0 Å². The normalized spacial score (nSPS) is 16.2. The van der Waals surface area contributed by atoms with Crippen LogP contribution in [0, 0.1) is 24.0 Å². The minimum atomic E-state index is -0.928. The van der Waals surface area contributed by atoms with E-state index < -0.39 is 27.2 Å². The van der Waals surface area contributed by atoms with Gasteiger partial charge < -0.3 is 10.4 Å². The van der Waals surface area contributed by atoms with E-state index in [9.17, 15) is 29.6 Å². The standard InChI is InChI=1S/C19H17N3O6S/c1-10-4-3-5-14(11(10)2)21-18(25)16(29-19(21)26)9-17(24)20-13-8-12(22(27)28)6-7-15(13)23/h3-8,16,23H,9H2,1-2H3,(H,20,24). The Hall–Kier alpha value is -3.40. The van der Waals surface area contributed by atoms with Crippen LogP contribution in [0.4, 0.5) is 21.9 Å². The van der Waals surface area contributed by atoms with Gasteiger partial charge in [-0.2, -0.15) is 0 Å². The molecule has 0 aromatic heterocycles. The Morgan fingerprint density at radius 2 is 2.00 bits per heavy atom. The number of carbonyl (C=O) groups is 3. The summed E-state index contributed by atoms with van der Waals surface area (Å²) in [5.41, 5.74) is 1.75. The van der Waals surface area contributed by atoms with Gasteiger partial charge in [0.2, 0.25) is 11.8 Å². The Morgan fingerprint density at radius 3 is 2.69 bits per heavy atom. The summed E-state index contributed by atoms with van der Waals surface area (Å²) in [6.07, 6.45) is -0.321. The van der Waals surface area contributed by atoms with Crippen molar-refractivity contribution < 1.29 is 24.4 Å². The van der Waals surface area contributed by atoms with Gasteiger partial charge in [-0.3, -0.25) is 24.5 Å². The van der Waals surface area contributed by atoms with Crippen LogP contribution in [0.25, 0.3) is 0 Å². The van der Waals surface area contributed by atoms with Gasteiger partial charge >= 0.3 is 0 Å². The Bertz CT molecular complexity index is 1040. The van der Waals surface area contributed by atoms with E-state index >= 15 is 0 Å². The van der Waals surface area contributed by atoms with Gasteiger partial charge in [0.15, 0.2) is 0 Å². The fraction of sp³-hybridized carbons (Fsp3) is 0.211. The summed E-state index contributed by atoms with van der Waals surface area (Å²) in [5.74, 6) is -1.50. The molecular weight excluding hydrogens is 398 g/mol. The molecule has 1 saturated heterocycles. The number of benzene rings is 2. The molecule has 1 aliphatic heterocycles. The number of thioether (sulfide) groups is 1. The lowest BCUT2D eigenvalue weighted by molar-refractivity contribution is -0.384. The molecule has 3 amide bonds. The monoisotopic (exact) mass is 415 g/mol. The first kappa shape index (κ1) is 20.3. The molecule has 150 valence electrons. The number of nitro benzene ring substituents is 1. The number of aromatic hydroxyl groups is 1. The second-order valence-electron chi connectivity index (χ2n) is 6.48. The van der Waals surface area contributed by atoms with Gasteiger partial charge in [0.25, 0.3) is 10.9 Å². The van der Waals surface area contributed by atoms with E-state index in [-0.39, 0.29) is 23.5 Å². The minimum Gasteiger partial charge on any atom is -0.506 e. The summed E-state index contributed by atoms with van der Waals surface area (Å²) in [7, 11) is 0. The van der Waals surface area contributed by atoms with Crippen LogP contribution >= 0.6 is 11.8 Å². The van der Waals surface area contributed by atoms with Crippen LogP contribution < -0.4 is 10.2 Å². The van der Waals surface area contributed by atoms with Crippen LogP contribution in [0.5, 0.6) is 5.75 Å². The molecule has 2 N–H and O–H groups in total. The summed E-state index contributed by atoms with van der Waals surface area (Å²) >= 11 is 0.748. The Labute approximate surface area is 169 Å². The van der Waals surface area contributed by atoms with Gasteiger partial charge in [0.1, 0.15) is 11.0 Å². The lowest BCUT2D eigenvalue weighted by Gasteiger charge is -2.17. The molecule has 0 aliphatic carbocycles. The number of aryl methyl sites for hydroxylation is 1. The van der Waals surface area contributed by atoms with Crippen LogP contribution in [0.3, 0.4) is 0 Å². The Morgan fingerprint density at radius 1 is 1.28 bits per heavy atom. The first-order chi connectivity index (χ1) is 13.7. The highest BCUT2D eigenvalue weighted by Gasteiger charge is 2.42. The molecule has 0 radical (unpaired) electrons. The molecule has 10 heteroatoms. The van der Waals surface area contributed by atoms with E-state index in [1.54, 1.807) is 19.1 Å². The topological polar surface area (TPSA) is 130 Å². The van der Waals surface area contributed by atoms with Crippen molar-refractivity contribution in [2.24, 2.45) is 0 Å². The number of hydrogen-bond donors (Lipinski definition) is 2. The number of nitrogens with one attached hydrogen (secondary N) is 1. The van der Waals surface area contributed by atoms with E-state index in [0.29, 0.717) is 5.69 Å². The van der Waals surface area contributed by atoms with Crippen molar-refractivity contribution in [1.29, 1.82) is 0 Å². The van der Waals surface area contributed by atoms with Crippen molar-refractivity contribution in [3.05, 3.63) is 57.6 Å². The number of rotatable bonds is 5. The fourth-order valence-electron chi connectivity index (χ4n) is 2.89. The number of hydrogen-bond acceptors (Lipinski definition) is 7. The zero-order valence-electron chi connectivity index (χ0n) is 15.5. The minimum absolute atomic E-state index is 0.141. The molecule has 29 heavy (non-hydrogen) atoms. The van der Waals surface area contributed by atoms with E-state index in [2.05, 4.69) is 5.32 Å². The van der Waals surface area contributed by atoms with E-state index in [1.807, 2.05) is 13.0 Å². The molecule has 0 bridgehead atoms. The van der Waals surface area contributed by atoms with Crippen molar-refractivity contribution in [1.82, 2.24) is 0 Å². The van der Waals surface area contributed by atoms with Gasteiger partial charge in [-0.15, -0.1) is 0 Å². The van der Waals surface area contributed by atoms with E-state index in [0.717, 1.165) is 46.0 Å². The molecule has 2 aromatic rings. The third kappa shape index (κ3) is 4.06. The number of imide groups is 1. The van der Waals surface area contributed by atoms with Crippen LogP contribution in [-0.2, 0) is 9.59 Å². The Kier molecular flexibility index (Phi) is 5.55. The van der Waals surface area contributed by atoms with Crippen molar-refractivity contribution in [3.63, 3.8) is 0 Å². The Balaban J connectivity index is 1.74. The molecule has 1 unspecified atom stereocenters. The maximum Gasteiger partial charge on any atom is 0.293 e. The molecule has 3 rings (SSSR count). The van der Waals surface area contributed by atoms with Crippen LogP contribution in [0.1, 0.15) is 17.5 Å². The van der Waals surface area contributed by atoms with Gasteiger partial charge in [0.05, 0.1) is 16.3 Å². The number of carbonyl (C=O) groups excluding carboxylic acids is 3. The quantitative estimate of drug-likeness (QED) is 0.434. The second kappa shape index (κ2) is 7.92. The second-order valence-corrected chi connectivity index (χ2v) is 7.63. The summed E-state index contributed by atoms with van der Waals surface area (Å²) < 4.78 is 0. The summed E-state index contributed by atoms with van der Waals surface area (Å²) in [6, 6.07) is 8.49. The SMILES string of the molecule is Cc1cccc(N2C(=O)SC(CC(=O)Nc3cc([N+](=O)[O-])ccc3O)C2=O)c1C. The van der Waals surface area contributed by atoms with Crippen LogP contribution in [0.2, 0.25) is 0 Å². The zero-order chi connectivity index (χ0) is 21.3. The highest BCUT2D eigenvalue weighted by Crippen LogP contribution is 2.36. The highest BCUT2D eigenvalue weighted by molar-refractivity contribution is 8.15. The highest BCUT2D eigenvalue weighted by atomic mass is 32.2. The van der Waals surface area contributed by atoms with Gasteiger partial charge in [-0.1, -0.05) is 12.1 Å². The molecule has 0 saturated carbocycles. The molecular formula is C19H17N3O6S. The summed E-state index contributed by atoms with van der Waals surface area (Å²) in [6.45, 7) is 3.68. The predicted molar refractivity (Wildman–Crippen MR) is 108 cm³/mol. The van der Waals surface area contributed by atoms with Gasteiger partial charge in [-0.25, -0.2) is 4.90 Å². The number of amides is 3. The van der Waals surface area contributed by atoms with Gasteiger partial charge in [-0.05, 0) is 48.9 Å². The third-order valence-corrected chi connectivity index (χ3v) is 5.61. The van der Waals surface area contributed by atoms with Crippen LogP contribution in [-0.4, -0.2) is 32.3 Å². The van der Waals surface area contributed by atoms with Crippen molar-refractivity contribution in [2.45, 2.75) is 25.5 Å². The van der Waals surface area contributed by atoms with E-state index in [4.69, 9.17) is 0 Å². The number of anilines is 2. The molecule has 1 atom stereocenters. The first-order valence-electron chi connectivity index (χ1n) is 8.57.